The van der Waals surface area contributed by atoms with Crippen LogP contribution in [0.25, 0.3) is 5.69 Å². The molecule has 4 nitrogen and oxygen atoms in total. The van der Waals surface area contributed by atoms with Crippen molar-refractivity contribution in [1.82, 2.24) is 9.78 Å². The van der Waals surface area contributed by atoms with E-state index >= 15 is 0 Å². The number of para-hydroxylation sites is 1. The van der Waals surface area contributed by atoms with Crippen LogP contribution in [0.1, 0.15) is 35.5 Å². The minimum atomic E-state index is -0.921. The van der Waals surface area contributed by atoms with Gasteiger partial charge in [0.05, 0.1) is 17.6 Å². The van der Waals surface area contributed by atoms with Crippen molar-refractivity contribution in [2.24, 2.45) is 5.92 Å². The number of carboxylic acids is 1. The van der Waals surface area contributed by atoms with Crippen molar-refractivity contribution in [1.29, 1.82) is 0 Å². The highest BCUT2D eigenvalue weighted by molar-refractivity contribution is 5.88. The number of carbonyl (C=O) groups is 1. The number of hydrogen-bond acceptors (Lipinski definition) is 2. The van der Waals surface area contributed by atoms with Gasteiger partial charge in [-0.2, -0.15) is 5.10 Å². The fourth-order valence-corrected chi connectivity index (χ4v) is 2.14. The summed E-state index contributed by atoms with van der Waals surface area (Å²) in [6, 6.07) is 7.85. The second-order valence-corrected chi connectivity index (χ2v) is 5.11. The number of nitrogens with zero attached hydrogens (tertiary/aromatic N) is 2. The Labute approximate surface area is 112 Å². The zero-order chi connectivity index (χ0) is 14.0. The molecule has 0 amide bonds. The molecule has 0 saturated heterocycles. The molecule has 0 atom stereocenters. The lowest BCUT2D eigenvalue weighted by Gasteiger charge is -2.12. The first-order valence-electron chi connectivity index (χ1n) is 6.37. The minimum absolute atomic E-state index is 0.289. The van der Waals surface area contributed by atoms with E-state index in [4.69, 9.17) is 0 Å². The Morgan fingerprint density at radius 3 is 2.63 bits per heavy atom. The van der Waals surface area contributed by atoms with Crippen molar-refractivity contribution >= 4 is 5.97 Å². The largest absolute Gasteiger partial charge is 0.478 e. The van der Waals surface area contributed by atoms with Crippen LogP contribution < -0.4 is 0 Å². The van der Waals surface area contributed by atoms with Crippen molar-refractivity contribution in [2.45, 2.75) is 27.2 Å². The Balaban J connectivity index is 2.58. The zero-order valence-electron chi connectivity index (χ0n) is 11.4. The number of hydrogen-bond donors (Lipinski definition) is 1. The maximum absolute atomic E-state index is 11.3. The molecule has 0 fully saturated rings. The molecule has 0 spiro atoms. The molecule has 1 N–H and O–H groups in total. The monoisotopic (exact) mass is 258 g/mol. The zero-order valence-corrected chi connectivity index (χ0v) is 11.4. The van der Waals surface area contributed by atoms with E-state index in [1.54, 1.807) is 4.68 Å². The Morgan fingerprint density at radius 2 is 2.05 bits per heavy atom. The van der Waals surface area contributed by atoms with Crippen LogP contribution >= 0.6 is 0 Å². The number of aromatic nitrogens is 2. The fraction of sp³-hybridized carbons (Fsp3) is 0.333. The first-order chi connectivity index (χ1) is 9.00. The molecule has 4 heteroatoms. The van der Waals surface area contributed by atoms with E-state index in [0.717, 1.165) is 16.9 Å². The first kappa shape index (κ1) is 13.3. The van der Waals surface area contributed by atoms with Gasteiger partial charge < -0.3 is 5.11 Å². The third-order valence-electron chi connectivity index (χ3n) is 3.04. The molecule has 0 aliphatic carbocycles. The average Bonchev–Trinajstić information content (AvgIpc) is 2.72. The smallest absolute Gasteiger partial charge is 0.339 e. The van der Waals surface area contributed by atoms with Crippen molar-refractivity contribution in [2.75, 3.05) is 0 Å². The van der Waals surface area contributed by atoms with Crippen LogP contribution in [0.5, 0.6) is 0 Å². The molecule has 0 radical (unpaired) electrons. The van der Waals surface area contributed by atoms with Gasteiger partial charge in [0.15, 0.2) is 0 Å². The summed E-state index contributed by atoms with van der Waals surface area (Å²) in [5.41, 5.74) is 3.06. The highest BCUT2D eigenvalue weighted by atomic mass is 16.4. The standard InChI is InChI=1S/C15H18N2O2/c1-10(2)8-14-12(15(18)19)9-16-17(14)13-7-5-4-6-11(13)3/h4-7,9-10H,8H2,1-3H3,(H,18,19). The molecule has 0 aliphatic rings. The van der Waals surface area contributed by atoms with Crippen LogP contribution in [0, 0.1) is 12.8 Å². The number of rotatable bonds is 4. The molecule has 0 aliphatic heterocycles. The van der Waals surface area contributed by atoms with Gasteiger partial charge in [0.2, 0.25) is 0 Å². The lowest BCUT2D eigenvalue weighted by molar-refractivity contribution is 0.0695. The van der Waals surface area contributed by atoms with Gasteiger partial charge in [-0.3, -0.25) is 0 Å². The predicted octanol–water partition coefficient (Wildman–Crippen LogP) is 3.08. The molecule has 2 aromatic rings. The van der Waals surface area contributed by atoms with Crippen molar-refractivity contribution < 1.29 is 9.90 Å². The Kier molecular flexibility index (Phi) is 3.69. The van der Waals surface area contributed by atoms with E-state index in [1.165, 1.54) is 6.20 Å². The summed E-state index contributed by atoms with van der Waals surface area (Å²) in [6.45, 7) is 6.14. The molecule has 0 unspecified atom stereocenters. The van der Waals surface area contributed by atoms with E-state index in [0.29, 0.717) is 12.3 Å². The number of aromatic carboxylic acids is 1. The normalized spacial score (nSPS) is 10.9. The predicted molar refractivity (Wildman–Crippen MR) is 73.8 cm³/mol. The highest BCUT2D eigenvalue weighted by Crippen LogP contribution is 2.20. The van der Waals surface area contributed by atoms with Crippen molar-refractivity contribution in [3.05, 3.63) is 47.3 Å². The molecule has 1 aromatic heterocycles. The molecule has 1 heterocycles. The van der Waals surface area contributed by atoms with Gasteiger partial charge in [-0.25, -0.2) is 9.48 Å². The summed E-state index contributed by atoms with van der Waals surface area (Å²) in [6.07, 6.45) is 2.13. The van der Waals surface area contributed by atoms with Gasteiger partial charge in [0, 0.05) is 0 Å². The van der Waals surface area contributed by atoms with E-state index in [9.17, 15) is 9.90 Å². The van der Waals surface area contributed by atoms with E-state index in [1.807, 2.05) is 31.2 Å². The molecular weight excluding hydrogens is 240 g/mol. The highest BCUT2D eigenvalue weighted by Gasteiger charge is 2.19. The minimum Gasteiger partial charge on any atom is -0.478 e. The van der Waals surface area contributed by atoms with Crippen LogP contribution in [0.4, 0.5) is 0 Å². The summed E-state index contributed by atoms with van der Waals surface area (Å²) in [5.74, 6) is -0.548. The SMILES string of the molecule is Cc1ccccc1-n1ncc(C(=O)O)c1CC(C)C. The number of benzene rings is 1. The van der Waals surface area contributed by atoms with Crippen LogP contribution in [-0.4, -0.2) is 20.9 Å². The third kappa shape index (κ3) is 2.67. The Hall–Kier alpha value is -2.10. The Morgan fingerprint density at radius 1 is 1.37 bits per heavy atom. The maximum atomic E-state index is 11.3. The maximum Gasteiger partial charge on any atom is 0.339 e. The molecular formula is C15H18N2O2. The van der Waals surface area contributed by atoms with Gasteiger partial charge in [-0.15, -0.1) is 0 Å². The van der Waals surface area contributed by atoms with Gasteiger partial charge in [-0.05, 0) is 30.9 Å². The van der Waals surface area contributed by atoms with E-state index in [-0.39, 0.29) is 5.56 Å². The average molecular weight is 258 g/mol. The van der Waals surface area contributed by atoms with E-state index < -0.39 is 5.97 Å². The van der Waals surface area contributed by atoms with Crippen LogP contribution in [0.15, 0.2) is 30.5 Å². The quantitative estimate of drug-likeness (QED) is 0.916. The second-order valence-electron chi connectivity index (χ2n) is 5.11. The van der Waals surface area contributed by atoms with Crippen LogP contribution in [0.2, 0.25) is 0 Å². The van der Waals surface area contributed by atoms with Crippen molar-refractivity contribution in [3.63, 3.8) is 0 Å². The topological polar surface area (TPSA) is 55.1 Å². The van der Waals surface area contributed by atoms with Gasteiger partial charge in [-0.1, -0.05) is 32.0 Å². The van der Waals surface area contributed by atoms with Gasteiger partial charge in [0.25, 0.3) is 0 Å². The fourth-order valence-electron chi connectivity index (χ4n) is 2.14. The first-order valence-corrected chi connectivity index (χ1v) is 6.37. The molecule has 0 bridgehead atoms. The molecule has 19 heavy (non-hydrogen) atoms. The Bertz CT molecular complexity index is 600. The molecule has 2 rings (SSSR count). The molecule has 0 saturated carbocycles. The lowest BCUT2D eigenvalue weighted by Crippen LogP contribution is -2.10. The number of aryl methyl sites for hydroxylation is 1. The van der Waals surface area contributed by atoms with Crippen molar-refractivity contribution in [3.8, 4) is 5.69 Å². The van der Waals surface area contributed by atoms with Crippen LogP contribution in [0.3, 0.4) is 0 Å². The van der Waals surface area contributed by atoms with Gasteiger partial charge in [0.1, 0.15) is 5.56 Å². The molecule has 1 aromatic carbocycles. The number of carboxylic acid groups (broad SMARTS) is 1. The summed E-state index contributed by atoms with van der Waals surface area (Å²) in [7, 11) is 0. The lowest BCUT2D eigenvalue weighted by atomic mass is 10.0. The summed E-state index contributed by atoms with van der Waals surface area (Å²) in [4.78, 5) is 11.3. The third-order valence-corrected chi connectivity index (χ3v) is 3.04. The summed E-state index contributed by atoms with van der Waals surface area (Å²) in [5, 5.41) is 13.5. The summed E-state index contributed by atoms with van der Waals surface area (Å²) < 4.78 is 1.75. The molecule has 100 valence electrons. The summed E-state index contributed by atoms with van der Waals surface area (Å²) >= 11 is 0. The van der Waals surface area contributed by atoms with E-state index in [2.05, 4.69) is 18.9 Å². The van der Waals surface area contributed by atoms with Gasteiger partial charge >= 0.3 is 5.97 Å². The van der Waals surface area contributed by atoms with Crippen LogP contribution in [-0.2, 0) is 6.42 Å². The second kappa shape index (κ2) is 5.26.